The standard InChI is InChI=1S/C20H22F3N7OS/c1-12-13(2)29-30(14(12)3)18-9-8-17(27-28-18)24-10-11-25-19(31)26-15-4-6-16(7-5-15)32-20(21,22)23/h4-9H,10-11H2,1-3H3,(H,24,27)(H2,25,26,31). The number of aromatic nitrogens is 4. The number of nitrogens with one attached hydrogen (secondary N) is 3. The van der Waals surface area contributed by atoms with Crippen LogP contribution in [0, 0.1) is 20.8 Å². The number of benzene rings is 1. The van der Waals surface area contributed by atoms with Crippen molar-refractivity contribution in [3.05, 3.63) is 53.3 Å². The number of anilines is 2. The molecule has 2 aromatic heterocycles. The van der Waals surface area contributed by atoms with Gasteiger partial charge in [0, 0.05) is 29.4 Å². The molecule has 0 spiro atoms. The Morgan fingerprint density at radius 2 is 1.75 bits per heavy atom. The number of nitrogens with zero attached hydrogens (tertiary/aromatic N) is 4. The quantitative estimate of drug-likeness (QED) is 0.353. The maximum Gasteiger partial charge on any atom is 0.446 e. The second kappa shape index (κ2) is 9.90. The number of hydrogen-bond donors (Lipinski definition) is 3. The van der Waals surface area contributed by atoms with Crippen LogP contribution in [0.25, 0.3) is 5.82 Å². The fourth-order valence-corrected chi connectivity index (χ4v) is 3.30. The van der Waals surface area contributed by atoms with Crippen molar-refractivity contribution in [3.63, 3.8) is 0 Å². The molecule has 3 N–H and O–H groups in total. The second-order valence-corrected chi connectivity index (χ2v) is 8.00. The van der Waals surface area contributed by atoms with Crippen molar-refractivity contribution in [2.24, 2.45) is 0 Å². The summed E-state index contributed by atoms with van der Waals surface area (Å²) in [5.41, 5.74) is -0.911. The lowest BCUT2D eigenvalue weighted by atomic mass is 10.2. The normalized spacial score (nSPS) is 11.3. The van der Waals surface area contributed by atoms with Gasteiger partial charge in [-0.2, -0.15) is 18.3 Å². The Kier molecular flexibility index (Phi) is 7.23. The third kappa shape index (κ3) is 6.36. The zero-order chi connectivity index (χ0) is 23.3. The van der Waals surface area contributed by atoms with Crippen LogP contribution >= 0.6 is 11.8 Å². The molecule has 2 amide bonds. The van der Waals surface area contributed by atoms with Crippen molar-refractivity contribution in [1.82, 2.24) is 25.3 Å². The Morgan fingerprint density at radius 1 is 1.03 bits per heavy atom. The summed E-state index contributed by atoms with van der Waals surface area (Å²) in [5.74, 6) is 1.16. The first-order valence-electron chi connectivity index (χ1n) is 9.64. The Labute approximate surface area is 187 Å². The summed E-state index contributed by atoms with van der Waals surface area (Å²) < 4.78 is 38.8. The molecule has 0 aliphatic heterocycles. The highest BCUT2D eigenvalue weighted by Gasteiger charge is 2.29. The average molecular weight is 466 g/mol. The van der Waals surface area contributed by atoms with Gasteiger partial charge in [-0.15, -0.1) is 10.2 Å². The Bertz CT molecular complexity index is 1070. The molecule has 0 saturated heterocycles. The molecule has 170 valence electrons. The average Bonchev–Trinajstić information content (AvgIpc) is 2.99. The SMILES string of the molecule is Cc1nn(-c2ccc(NCCNC(=O)Nc3ccc(SC(F)(F)F)cc3)nn2)c(C)c1C. The number of alkyl halides is 3. The first kappa shape index (κ1) is 23.4. The van der Waals surface area contributed by atoms with Crippen LogP contribution < -0.4 is 16.0 Å². The molecular formula is C20H22F3N7OS. The summed E-state index contributed by atoms with van der Waals surface area (Å²) in [4.78, 5) is 12.0. The number of carbonyl (C=O) groups is 1. The Balaban J connectivity index is 1.42. The number of hydrogen-bond acceptors (Lipinski definition) is 6. The van der Waals surface area contributed by atoms with E-state index in [4.69, 9.17) is 0 Å². The van der Waals surface area contributed by atoms with E-state index >= 15 is 0 Å². The van der Waals surface area contributed by atoms with Gasteiger partial charge in [-0.25, -0.2) is 9.48 Å². The molecule has 2 heterocycles. The van der Waals surface area contributed by atoms with Gasteiger partial charge in [0.05, 0.1) is 5.69 Å². The minimum absolute atomic E-state index is 0.0489. The predicted octanol–water partition coefficient (Wildman–Crippen LogP) is 4.43. The first-order chi connectivity index (χ1) is 15.1. The van der Waals surface area contributed by atoms with Gasteiger partial charge in [0.25, 0.3) is 0 Å². The summed E-state index contributed by atoms with van der Waals surface area (Å²) in [7, 11) is 0. The van der Waals surface area contributed by atoms with Gasteiger partial charge in [-0.3, -0.25) is 0 Å². The first-order valence-corrected chi connectivity index (χ1v) is 10.5. The molecule has 12 heteroatoms. The van der Waals surface area contributed by atoms with E-state index in [1.54, 1.807) is 16.8 Å². The molecular weight excluding hydrogens is 443 g/mol. The zero-order valence-electron chi connectivity index (χ0n) is 17.6. The van der Waals surface area contributed by atoms with Crippen LogP contribution in [0.15, 0.2) is 41.3 Å². The van der Waals surface area contributed by atoms with Crippen molar-refractivity contribution in [2.75, 3.05) is 23.7 Å². The van der Waals surface area contributed by atoms with Crippen LogP contribution in [0.4, 0.5) is 29.5 Å². The van der Waals surface area contributed by atoms with Crippen molar-refractivity contribution in [2.45, 2.75) is 31.2 Å². The summed E-state index contributed by atoms with van der Waals surface area (Å²) in [6.07, 6.45) is 0. The van der Waals surface area contributed by atoms with Crippen molar-refractivity contribution in [3.8, 4) is 5.82 Å². The second-order valence-electron chi connectivity index (χ2n) is 6.86. The Hall–Kier alpha value is -3.28. The zero-order valence-corrected chi connectivity index (χ0v) is 18.4. The van der Waals surface area contributed by atoms with Crippen LogP contribution in [-0.4, -0.2) is 44.6 Å². The van der Waals surface area contributed by atoms with E-state index in [9.17, 15) is 18.0 Å². The van der Waals surface area contributed by atoms with Gasteiger partial charge >= 0.3 is 11.5 Å². The van der Waals surface area contributed by atoms with E-state index in [1.165, 1.54) is 24.3 Å². The molecule has 3 rings (SSSR count). The molecule has 0 fully saturated rings. The van der Waals surface area contributed by atoms with E-state index < -0.39 is 11.5 Å². The molecule has 0 aliphatic carbocycles. The summed E-state index contributed by atoms with van der Waals surface area (Å²) in [6, 6.07) is 8.52. The number of rotatable bonds is 7. The third-order valence-corrected chi connectivity index (χ3v) is 5.32. The maximum absolute atomic E-state index is 12.3. The van der Waals surface area contributed by atoms with Gasteiger partial charge < -0.3 is 16.0 Å². The number of aryl methyl sites for hydroxylation is 1. The highest BCUT2D eigenvalue weighted by molar-refractivity contribution is 8.00. The topological polar surface area (TPSA) is 96.8 Å². The lowest BCUT2D eigenvalue weighted by molar-refractivity contribution is -0.0328. The molecule has 32 heavy (non-hydrogen) atoms. The van der Waals surface area contributed by atoms with Crippen LogP contribution in [-0.2, 0) is 0 Å². The minimum atomic E-state index is -4.35. The van der Waals surface area contributed by atoms with Gasteiger partial charge in [0.1, 0.15) is 5.82 Å². The smallest absolute Gasteiger partial charge is 0.367 e. The summed E-state index contributed by atoms with van der Waals surface area (Å²) >= 11 is -0.208. The fourth-order valence-electron chi connectivity index (χ4n) is 2.76. The van der Waals surface area contributed by atoms with Gasteiger partial charge in [0.15, 0.2) is 5.82 Å². The van der Waals surface area contributed by atoms with Crippen LogP contribution in [0.2, 0.25) is 0 Å². The van der Waals surface area contributed by atoms with E-state index in [1.807, 2.05) is 20.8 Å². The molecule has 8 nitrogen and oxygen atoms in total. The third-order valence-electron chi connectivity index (χ3n) is 4.58. The summed E-state index contributed by atoms with van der Waals surface area (Å²) in [5, 5.41) is 21.0. The van der Waals surface area contributed by atoms with E-state index in [0.29, 0.717) is 30.4 Å². The number of halogens is 3. The monoisotopic (exact) mass is 465 g/mol. The highest BCUT2D eigenvalue weighted by Crippen LogP contribution is 2.37. The van der Waals surface area contributed by atoms with E-state index in [0.717, 1.165) is 17.0 Å². The molecule has 0 unspecified atom stereocenters. The number of amides is 2. The minimum Gasteiger partial charge on any atom is -0.367 e. The highest BCUT2D eigenvalue weighted by atomic mass is 32.2. The van der Waals surface area contributed by atoms with Gasteiger partial charge in [0.2, 0.25) is 0 Å². The van der Waals surface area contributed by atoms with E-state index in [-0.39, 0.29) is 16.7 Å². The van der Waals surface area contributed by atoms with Crippen molar-refractivity contribution in [1.29, 1.82) is 0 Å². The van der Waals surface area contributed by atoms with Gasteiger partial charge in [-0.1, -0.05) is 0 Å². The number of carbonyl (C=O) groups excluding carboxylic acids is 1. The number of urea groups is 1. The fraction of sp³-hybridized carbons (Fsp3) is 0.300. The predicted molar refractivity (Wildman–Crippen MR) is 117 cm³/mol. The van der Waals surface area contributed by atoms with Crippen molar-refractivity contribution < 1.29 is 18.0 Å². The molecule has 0 atom stereocenters. The van der Waals surface area contributed by atoms with Crippen LogP contribution in [0.1, 0.15) is 17.0 Å². The molecule has 3 aromatic rings. The van der Waals surface area contributed by atoms with Gasteiger partial charge in [-0.05, 0) is 74.5 Å². The molecule has 1 aromatic carbocycles. The molecule has 0 aliphatic rings. The van der Waals surface area contributed by atoms with Crippen molar-refractivity contribution >= 4 is 29.3 Å². The van der Waals surface area contributed by atoms with E-state index in [2.05, 4.69) is 31.2 Å². The lowest BCUT2D eigenvalue weighted by Crippen LogP contribution is -2.32. The Morgan fingerprint density at radius 3 is 2.31 bits per heavy atom. The number of thioether (sulfide) groups is 1. The van der Waals surface area contributed by atoms with Crippen LogP contribution in [0.3, 0.4) is 0 Å². The molecule has 0 saturated carbocycles. The lowest BCUT2D eigenvalue weighted by Gasteiger charge is -2.10. The maximum atomic E-state index is 12.3. The molecule has 0 bridgehead atoms. The molecule has 0 radical (unpaired) electrons. The summed E-state index contributed by atoms with van der Waals surface area (Å²) in [6.45, 7) is 6.61. The largest absolute Gasteiger partial charge is 0.446 e. The van der Waals surface area contributed by atoms with Crippen LogP contribution in [0.5, 0.6) is 0 Å².